The quantitative estimate of drug-likeness (QED) is 0.104. The lowest BCUT2D eigenvalue weighted by Crippen LogP contribution is -2.42. The van der Waals surface area contributed by atoms with Crippen molar-refractivity contribution in [2.45, 2.75) is 63.2 Å². The van der Waals surface area contributed by atoms with Gasteiger partial charge in [-0.05, 0) is 80.3 Å². The summed E-state index contributed by atoms with van der Waals surface area (Å²) in [6, 6.07) is 22.5. The maximum atomic E-state index is 12.7. The predicted octanol–water partition coefficient (Wildman–Crippen LogP) is 5.03. The van der Waals surface area contributed by atoms with Crippen molar-refractivity contribution in [1.82, 2.24) is 15.5 Å². The first kappa shape index (κ1) is 34.9. The number of benzene rings is 3. The minimum Gasteiger partial charge on any atom is -0.506 e. The number of anilines is 2. The number of rotatable bonds is 14. The topological polar surface area (TPSA) is 152 Å². The van der Waals surface area contributed by atoms with Gasteiger partial charge in [-0.1, -0.05) is 54.6 Å². The SMILES string of the molecule is O=CNc1cc([C@@H](O)CNCC2CCC(NC(=O)CCN3CCC(OC(=O)Nc4ccccc4-c4ccccc4)CC3)CC2)ccc1O. The van der Waals surface area contributed by atoms with Gasteiger partial charge in [-0.25, -0.2) is 4.79 Å². The molecule has 3 aromatic rings. The van der Waals surface area contributed by atoms with Gasteiger partial charge in [0.2, 0.25) is 12.3 Å². The number of phenols is 1. The second-order valence-electron chi connectivity index (χ2n) is 12.7. The first-order valence-electron chi connectivity index (χ1n) is 16.9. The van der Waals surface area contributed by atoms with Crippen molar-refractivity contribution >= 4 is 29.8 Å². The zero-order valence-corrected chi connectivity index (χ0v) is 27.3. The number of aliphatic hydroxyl groups is 1. The summed E-state index contributed by atoms with van der Waals surface area (Å²) in [4.78, 5) is 38.4. The van der Waals surface area contributed by atoms with Crippen LogP contribution in [0.1, 0.15) is 56.6 Å². The first-order valence-corrected chi connectivity index (χ1v) is 16.9. The summed E-state index contributed by atoms with van der Waals surface area (Å²) in [5.41, 5.74) is 3.56. The molecule has 2 aliphatic rings. The van der Waals surface area contributed by atoms with Gasteiger partial charge in [-0.15, -0.1) is 0 Å². The minimum atomic E-state index is -0.764. The largest absolute Gasteiger partial charge is 0.506 e. The lowest BCUT2D eigenvalue weighted by molar-refractivity contribution is -0.122. The highest BCUT2D eigenvalue weighted by atomic mass is 16.6. The number of piperidine rings is 1. The number of nitrogens with zero attached hydrogens (tertiary/aromatic N) is 1. The van der Waals surface area contributed by atoms with E-state index < -0.39 is 12.2 Å². The Hall–Kier alpha value is -4.45. The highest BCUT2D eigenvalue weighted by molar-refractivity contribution is 5.91. The molecule has 1 aliphatic heterocycles. The van der Waals surface area contributed by atoms with Crippen LogP contribution in [-0.2, 0) is 14.3 Å². The number of aliphatic hydroxyl groups excluding tert-OH is 1. The fraction of sp³-hybridized carbons (Fsp3) is 0.432. The van der Waals surface area contributed by atoms with Crippen LogP contribution in [0.2, 0.25) is 0 Å². The molecule has 256 valence electrons. The molecule has 2 fully saturated rings. The summed E-state index contributed by atoms with van der Waals surface area (Å²) in [6.45, 7) is 3.38. The van der Waals surface area contributed by atoms with Gasteiger partial charge in [0.25, 0.3) is 0 Å². The second kappa shape index (κ2) is 17.6. The van der Waals surface area contributed by atoms with E-state index in [9.17, 15) is 24.6 Å². The molecule has 11 heteroatoms. The van der Waals surface area contributed by atoms with Crippen LogP contribution in [0.25, 0.3) is 11.1 Å². The lowest BCUT2D eigenvalue weighted by atomic mass is 9.86. The summed E-state index contributed by atoms with van der Waals surface area (Å²) in [5, 5.41) is 32.2. The zero-order valence-electron chi connectivity index (χ0n) is 27.3. The highest BCUT2D eigenvalue weighted by Gasteiger charge is 2.25. The van der Waals surface area contributed by atoms with Crippen LogP contribution in [-0.4, -0.2) is 78.4 Å². The van der Waals surface area contributed by atoms with Gasteiger partial charge in [0.15, 0.2) is 0 Å². The fourth-order valence-electron chi connectivity index (χ4n) is 6.56. The molecule has 1 aliphatic carbocycles. The van der Waals surface area contributed by atoms with Gasteiger partial charge in [-0.2, -0.15) is 0 Å². The van der Waals surface area contributed by atoms with Crippen molar-refractivity contribution < 1.29 is 29.3 Å². The van der Waals surface area contributed by atoms with Crippen molar-refractivity contribution in [3.8, 4) is 16.9 Å². The molecule has 0 spiro atoms. The molecule has 0 radical (unpaired) electrons. The fourth-order valence-corrected chi connectivity index (χ4v) is 6.56. The van der Waals surface area contributed by atoms with E-state index in [1.54, 1.807) is 12.1 Å². The predicted molar refractivity (Wildman–Crippen MR) is 186 cm³/mol. The number of carbonyl (C=O) groups excluding carboxylic acids is 3. The van der Waals surface area contributed by atoms with E-state index in [4.69, 9.17) is 4.74 Å². The molecule has 1 heterocycles. The third-order valence-corrected chi connectivity index (χ3v) is 9.31. The molecule has 0 bridgehead atoms. The Morgan fingerprint density at radius 2 is 1.65 bits per heavy atom. The number of carbonyl (C=O) groups is 3. The monoisotopic (exact) mass is 657 g/mol. The van der Waals surface area contributed by atoms with Crippen molar-refractivity contribution in [2.24, 2.45) is 5.92 Å². The van der Waals surface area contributed by atoms with Crippen molar-refractivity contribution in [1.29, 1.82) is 0 Å². The van der Waals surface area contributed by atoms with Crippen molar-refractivity contribution in [2.75, 3.05) is 43.4 Å². The second-order valence-corrected chi connectivity index (χ2v) is 12.7. The Bertz CT molecular complexity index is 1490. The van der Waals surface area contributed by atoms with Crippen LogP contribution in [0.4, 0.5) is 16.2 Å². The Kier molecular flexibility index (Phi) is 12.8. The van der Waals surface area contributed by atoms with Gasteiger partial charge in [0, 0.05) is 44.2 Å². The van der Waals surface area contributed by atoms with E-state index >= 15 is 0 Å². The van der Waals surface area contributed by atoms with Crippen LogP contribution in [0.15, 0.2) is 72.8 Å². The van der Waals surface area contributed by atoms with E-state index in [-0.39, 0.29) is 29.5 Å². The molecule has 48 heavy (non-hydrogen) atoms. The maximum absolute atomic E-state index is 12.7. The summed E-state index contributed by atoms with van der Waals surface area (Å²) in [6.07, 6.45) is 4.90. The van der Waals surface area contributed by atoms with Crippen LogP contribution < -0.4 is 21.3 Å². The third-order valence-electron chi connectivity index (χ3n) is 9.31. The van der Waals surface area contributed by atoms with Crippen LogP contribution in [0.3, 0.4) is 0 Å². The molecule has 1 saturated carbocycles. The number of hydrogen-bond acceptors (Lipinski definition) is 8. The molecule has 11 nitrogen and oxygen atoms in total. The Morgan fingerprint density at radius 3 is 2.40 bits per heavy atom. The lowest BCUT2D eigenvalue weighted by Gasteiger charge is -2.32. The molecule has 1 saturated heterocycles. The molecule has 1 atom stereocenters. The highest BCUT2D eigenvalue weighted by Crippen LogP contribution is 2.29. The molecule has 3 aromatic carbocycles. The van der Waals surface area contributed by atoms with E-state index in [1.807, 2.05) is 54.6 Å². The normalized spacial score (nSPS) is 19.2. The molecule has 0 unspecified atom stereocenters. The Morgan fingerprint density at radius 1 is 0.917 bits per heavy atom. The van der Waals surface area contributed by atoms with E-state index in [1.165, 1.54) is 6.07 Å². The van der Waals surface area contributed by atoms with E-state index in [2.05, 4.69) is 26.2 Å². The number of para-hydroxylation sites is 1. The van der Waals surface area contributed by atoms with Gasteiger partial charge in [-0.3, -0.25) is 14.9 Å². The molecule has 3 amide bonds. The summed E-state index contributed by atoms with van der Waals surface area (Å²) in [7, 11) is 0. The molecule has 6 N–H and O–H groups in total. The molecular weight excluding hydrogens is 610 g/mol. The Balaban J connectivity index is 0.931. The standard InChI is InChI=1S/C37H47N5O6/c43-25-39-33-22-28(12-15-34(33)44)35(45)24-38-23-26-10-13-29(14-11-26)40-36(46)18-21-42-19-16-30(17-20-42)48-37(47)41-32-9-5-4-8-31(32)27-6-2-1-3-7-27/h1-9,12,15,22,25-26,29-30,35,38,44-45H,10-11,13-14,16-21,23-24H2,(H,39,43)(H,40,46)(H,41,47)/t26?,29?,35-/m0/s1. The number of amides is 3. The van der Waals surface area contributed by atoms with Gasteiger partial charge < -0.3 is 35.8 Å². The smallest absolute Gasteiger partial charge is 0.411 e. The average Bonchev–Trinajstić information content (AvgIpc) is 3.10. The number of nitrogens with one attached hydrogen (secondary N) is 4. The summed E-state index contributed by atoms with van der Waals surface area (Å²) in [5.74, 6) is 0.499. The van der Waals surface area contributed by atoms with E-state index in [0.717, 1.165) is 69.3 Å². The summed E-state index contributed by atoms with van der Waals surface area (Å²) < 4.78 is 5.75. The van der Waals surface area contributed by atoms with Crippen LogP contribution >= 0.6 is 0 Å². The van der Waals surface area contributed by atoms with Crippen LogP contribution in [0.5, 0.6) is 5.75 Å². The van der Waals surface area contributed by atoms with Gasteiger partial charge >= 0.3 is 6.09 Å². The van der Waals surface area contributed by atoms with Crippen molar-refractivity contribution in [3.63, 3.8) is 0 Å². The average molecular weight is 658 g/mol. The molecular formula is C37H47N5O6. The molecule has 5 rings (SSSR count). The number of phenolic OH excluding ortho intramolecular Hbond substituents is 1. The number of aromatic hydroxyl groups is 1. The van der Waals surface area contributed by atoms with Gasteiger partial charge in [0.05, 0.1) is 17.5 Å². The summed E-state index contributed by atoms with van der Waals surface area (Å²) >= 11 is 0. The minimum absolute atomic E-state index is 0.0507. The van der Waals surface area contributed by atoms with Gasteiger partial charge in [0.1, 0.15) is 11.9 Å². The van der Waals surface area contributed by atoms with Crippen molar-refractivity contribution in [3.05, 3.63) is 78.4 Å². The number of hydrogen-bond donors (Lipinski definition) is 6. The zero-order chi connectivity index (χ0) is 33.7. The van der Waals surface area contributed by atoms with E-state index in [0.29, 0.717) is 43.1 Å². The first-order chi connectivity index (χ1) is 23.4. The third kappa shape index (κ3) is 10.3. The Labute approximate surface area is 282 Å². The number of ether oxygens (including phenoxy) is 1. The maximum Gasteiger partial charge on any atom is 0.411 e. The molecule has 0 aromatic heterocycles. The van der Waals surface area contributed by atoms with Crippen LogP contribution in [0, 0.1) is 5.92 Å². The number of likely N-dealkylation sites (tertiary alicyclic amines) is 1.